The van der Waals surface area contributed by atoms with Crippen molar-refractivity contribution in [3.63, 3.8) is 0 Å². The first-order valence-electron chi connectivity index (χ1n) is 7.12. The summed E-state index contributed by atoms with van der Waals surface area (Å²) in [5.41, 5.74) is 0. The molecule has 2 fully saturated rings. The molecule has 0 aromatic rings. The molecule has 1 N–H and O–H groups in total. The van der Waals surface area contributed by atoms with Crippen molar-refractivity contribution in [2.75, 3.05) is 37.0 Å². The van der Waals surface area contributed by atoms with Crippen LogP contribution in [0.4, 0.5) is 4.79 Å². The molecule has 2 rings (SSSR count). The Morgan fingerprint density at radius 2 is 2.05 bits per heavy atom. The topological polar surface area (TPSA) is 58.6 Å². The summed E-state index contributed by atoms with van der Waals surface area (Å²) in [6.45, 7) is 3.55. The number of piperidine rings is 1. The zero-order valence-electron chi connectivity index (χ0n) is 11.8. The predicted octanol–water partition coefficient (Wildman–Crippen LogP) is 1.57. The fourth-order valence-electron chi connectivity index (χ4n) is 2.35. The van der Waals surface area contributed by atoms with Crippen LogP contribution in [0.5, 0.6) is 0 Å². The Morgan fingerprint density at radius 1 is 1.30 bits per heavy atom. The maximum absolute atomic E-state index is 12.1. The van der Waals surface area contributed by atoms with Crippen LogP contribution in [0, 0.1) is 0 Å². The number of amides is 2. The van der Waals surface area contributed by atoms with Gasteiger partial charge in [0, 0.05) is 36.4 Å². The lowest BCUT2D eigenvalue weighted by Gasteiger charge is -2.32. The summed E-state index contributed by atoms with van der Waals surface area (Å²) in [5, 5.41) is 3.22. The van der Waals surface area contributed by atoms with Crippen LogP contribution in [-0.2, 0) is 9.53 Å². The van der Waals surface area contributed by atoms with E-state index in [1.165, 1.54) is 0 Å². The maximum atomic E-state index is 12.1. The molecule has 5 nitrogen and oxygen atoms in total. The van der Waals surface area contributed by atoms with Gasteiger partial charge in [-0.2, -0.15) is 11.8 Å². The highest BCUT2D eigenvalue weighted by molar-refractivity contribution is 8.07. The Bertz CT molecular complexity index is 341. The van der Waals surface area contributed by atoms with Crippen molar-refractivity contribution < 1.29 is 14.3 Å². The molecule has 2 aliphatic rings. The number of likely N-dealkylation sites (tertiary alicyclic amines) is 1. The van der Waals surface area contributed by atoms with Gasteiger partial charge in [0.15, 0.2) is 0 Å². The Hall–Kier alpha value is -0.560. The molecule has 0 bridgehead atoms. The molecule has 2 aliphatic heterocycles. The first kappa shape index (κ1) is 15.8. The molecule has 2 saturated heterocycles. The zero-order valence-corrected chi connectivity index (χ0v) is 13.4. The number of nitrogens with zero attached hydrogens (tertiary/aromatic N) is 1. The van der Waals surface area contributed by atoms with Crippen LogP contribution in [0.2, 0.25) is 0 Å². The standard InChI is InChI=1S/C13H22N2O3S2/c1-2-18-13(17)15-5-3-10(4-6-15)14-12(16)11-9-19-7-8-20-11/h10-11H,2-9H2,1H3,(H,14,16). The van der Waals surface area contributed by atoms with Crippen molar-refractivity contribution in [2.45, 2.75) is 31.1 Å². The number of carbonyl (C=O) groups is 2. The minimum absolute atomic E-state index is 0.0943. The van der Waals surface area contributed by atoms with Crippen LogP contribution >= 0.6 is 23.5 Å². The molecule has 7 heteroatoms. The quantitative estimate of drug-likeness (QED) is 0.856. The van der Waals surface area contributed by atoms with E-state index >= 15 is 0 Å². The third kappa shape index (κ3) is 4.48. The van der Waals surface area contributed by atoms with Gasteiger partial charge in [0.2, 0.25) is 5.91 Å². The van der Waals surface area contributed by atoms with Gasteiger partial charge in [0.1, 0.15) is 0 Å². The Kier molecular flexibility index (Phi) is 6.35. The summed E-state index contributed by atoms with van der Waals surface area (Å²) < 4.78 is 4.99. The molecule has 2 amide bonds. The van der Waals surface area contributed by atoms with Gasteiger partial charge in [-0.3, -0.25) is 4.79 Å². The predicted molar refractivity (Wildman–Crippen MR) is 83.3 cm³/mol. The van der Waals surface area contributed by atoms with Gasteiger partial charge in [-0.15, -0.1) is 11.8 Å². The van der Waals surface area contributed by atoms with Crippen molar-refractivity contribution >= 4 is 35.5 Å². The number of thioether (sulfide) groups is 2. The summed E-state index contributed by atoms with van der Waals surface area (Å²) >= 11 is 3.61. The lowest BCUT2D eigenvalue weighted by Crippen LogP contribution is -2.49. The Balaban J connectivity index is 1.71. The van der Waals surface area contributed by atoms with Gasteiger partial charge in [-0.1, -0.05) is 0 Å². The fraction of sp³-hybridized carbons (Fsp3) is 0.846. The molecule has 1 atom stereocenters. The van der Waals surface area contributed by atoms with E-state index in [0.717, 1.165) is 30.1 Å². The highest BCUT2D eigenvalue weighted by atomic mass is 32.2. The van der Waals surface area contributed by atoms with Crippen LogP contribution in [0.25, 0.3) is 0 Å². The summed E-state index contributed by atoms with van der Waals surface area (Å²) in [6.07, 6.45) is 1.39. The van der Waals surface area contributed by atoms with E-state index < -0.39 is 0 Å². The van der Waals surface area contributed by atoms with E-state index in [9.17, 15) is 9.59 Å². The second-order valence-electron chi connectivity index (χ2n) is 4.90. The van der Waals surface area contributed by atoms with Gasteiger partial charge in [-0.05, 0) is 19.8 Å². The smallest absolute Gasteiger partial charge is 0.409 e. The summed E-state index contributed by atoms with van der Waals surface area (Å²) in [7, 11) is 0. The molecular weight excluding hydrogens is 296 g/mol. The second kappa shape index (κ2) is 8.02. The third-order valence-corrected chi connectivity index (χ3v) is 6.23. The van der Waals surface area contributed by atoms with Gasteiger partial charge in [0.25, 0.3) is 0 Å². The van der Waals surface area contributed by atoms with E-state index in [-0.39, 0.29) is 23.3 Å². The number of ether oxygens (including phenoxy) is 1. The van der Waals surface area contributed by atoms with E-state index in [1.807, 2.05) is 18.7 Å². The zero-order chi connectivity index (χ0) is 14.4. The number of hydrogen-bond donors (Lipinski definition) is 1. The van der Waals surface area contributed by atoms with Gasteiger partial charge in [0.05, 0.1) is 11.9 Å². The van der Waals surface area contributed by atoms with Crippen LogP contribution in [-0.4, -0.2) is 65.1 Å². The van der Waals surface area contributed by atoms with Crippen LogP contribution in [0.1, 0.15) is 19.8 Å². The van der Waals surface area contributed by atoms with E-state index in [2.05, 4.69) is 5.32 Å². The molecular formula is C13H22N2O3S2. The highest BCUT2D eigenvalue weighted by Crippen LogP contribution is 2.24. The normalized spacial score (nSPS) is 24.2. The van der Waals surface area contributed by atoms with Gasteiger partial charge in [-0.25, -0.2) is 4.79 Å². The number of carbonyl (C=O) groups excluding carboxylic acids is 2. The molecule has 20 heavy (non-hydrogen) atoms. The van der Waals surface area contributed by atoms with Crippen LogP contribution < -0.4 is 5.32 Å². The SMILES string of the molecule is CCOC(=O)N1CCC(NC(=O)C2CSCCS2)CC1. The average Bonchev–Trinajstić information content (AvgIpc) is 2.49. The van der Waals surface area contributed by atoms with Crippen LogP contribution in [0.3, 0.4) is 0 Å². The molecule has 0 aromatic heterocycles. The largest absolute Gasteiger partial charge is 0.450 e. The number of hydrogen-bond acceptors (Lipinski definition) is 5. The van der Waals surface area contributed by atoms with Gasteiger partial charge >= 0.3 is 6.09 Å². The minimum Gasteiger partial charge on any atom is -0.450 e. The third-order valence-electron chi connectivity index (χ3n) is 3.48. The lowest BCUT2D eigenvalue weighted by atomic mass is 10.1. The molecule has 2 heterocycles. The number of rotatable bonds is 3. The molecule has 0 aromatic carbocycles. The van der Waals surface area contributed by atoms with Crippen molar-refractivity contribution in [3.8, 4) is 0 Å². The van der Waals surface area contributed by atoms with Crippen molar-refractivity contribution in [3.05, 3.63) is 0 Å². The van der Waals surface area contributed by atoms with E-state index in [0.29, 0.717) is 19.7 Å². The highest BCUT2D eigenvalue weighted by Gasteiger charge is 2.28. The Labute approximate surface area is 128 Å². The van der Waals surface area contributed by atoms with E-state index in [4.69, 9.17) is 4.74 Å². The molecule has 0 spiro atoms. The summed E-state index contributed by atoms with van der Waals surface area (Å²) in [4.78, 5) is 25.4. The van der Waals surface area contributed by atoms with E-state index in [1.54, 1.807) is 16.7 Å². The average molecular weight is 318 g/mol. The lowest BCUT2D eigenvalue weighted by molar-refractivity contribution is -0.121. The first-order chi connectivity index (χ1) is 9.70. The minimum atomic E-state index is -0.239. The van der Waals surface area contributed by atoms with Crippen molar-refractivity contribution in [1.29, 1.82) is 0 Å². The first-order valence-corrected chi connectivity index (χ1v) is 9.32. The molecule has 0 saturated carbocycles. The van der Waals surface area contributed by atoms with Gasteiger partial charge < -0.3 is 15.0 Å². The summed E-state index contributed by atoms with van der Waals surface area (Å²) in [5.74, 6) is 3.28. The maximum Gasteiger partial charge on any atom is 0.409 e. The second-order valence-corrected chi connectivity index (χ2v) is 7.36. The molecule has 1 unspecified atom stereocenters. The van der Waals surface area contributed by atoms with Crippen molar-refractivity contribution in [2.24, 2.45) is 0 Å². The molecule has 0 radical (unpaired) electrons. The number of nitrogens with one attached hydrogen (secondary N) is 1. The summed E-state index contributed by atoms with van der Waals surface area (Å²) in [6, 6.07) is 0.195. The van der Waals surface area contributed by atoms with Crippen molar-refractivity contribution in [1.82, 2.24) is 10.2 Å². The Morgan fingerprint density at radius 3 is 2.65 bits per heavy atom. The molecule has 0 aliphatic carbocycles. The van der Waals surface area contributed by atoms with Crippen LogP contribution in [0.15, 0.2) is 0 Å². The monoisotopic (exact) mass is 318 g/mol. The fourth-order valence-corrected chi connectivity index (χ4v) is 4.92. The molecule has 114 valence electrons.